The second kappa shape index (κ2) is 8.03. The number of halogens is 1. The highest BCUT2D eigenvalue weighted by Gasteiger charge is 2.19. The summed E-state index contributed by atoms with van der Waals surface area (Å²) in [6.45, 7) is 4.97. The maximum atomic E-state index is 12.4. The first-order valence-electron chi connectivity index (χ1n) is 8.12. The van der Waals surface area contributed by atoms with E-state index < -0.39 is 0 Å². The molecule has 1 aromatic carbocycles. The van der Waals surface area contributed by atoms with Crippen molar-refractivity contribution in [2.24, 2.45) is 0 Å². The largest absolute Gasteiger partial charge is 0.378 e. The summed E-state index contributed by atoms with van der Waals surface area (Å²) in [4.78, 5) is 26.2. The van der Waals surface area contributed by atoms with Crippen LogP contribution in [0.1, 0.15) is 12.1 Å². The molecule has 1 N–H and O–H groups in total. The third-order valence-corrected chi connectivity index (χ3v) is 5.31. The fraction of sp³-hybridized carbons (Fsp3) is 0.412. The molecule has 1 aromatic heterocycles. The van der Waals surface area contributed by atoms with Crippen LogP contribution in [0.5, 0.6) is 0 Å². The zero-order valence-electron chi connectivity index (χ0n) is 14.0. The van der Waals surface area contributed by atoms with Crippen molar-refractivity contribution in [1.82, 2.24) is 4.57 Å². The summed E-state index contributed by atoms with van der Waals surface area (Å²) >= 11 is 7.52. The van der Waals surface area contributed by atoms with Gasteiger partial charge in [0.05, 0.1) is 29.6 Å². The number of carbonyl (C=O) groups excluding carboxylic acids is 1. The summed E-state index contributed by atoms with van der Waals surface area (Å²) < 4.78 is 7.00. The van der Waals surface area contributed by atoms with E-state index in [1.807, 2.05) is 25.1 Å². The van der Waals surface area contributed by atoms with E-state index >= 15 is 0 Å². The van der Waals surface area contributed by atoms with Crippen LogP contribution in [0.3, 0.4) is 0 Å². The van der Waals surface area contributed by atoms with Gasteiger partial charge >= 0.3 is 4.87 Å². The van der Waals surface area contributed by atoms with E-state index in [2.05, 4.69) is 10.2 Å². The number of thiazole rings is 1. The van der Waals surface area contributed by atoms with E-state index in [1.54, 1.807) is 9.95 Å². The van der Waals surface area contributed by atoms with Crippen LogP contribution < -0.4 is 15.1 Å². The van der Waals surface area contributed by atoms with E-state index in [1.165, 1.54) is 0 Å². The molecule has 25 heavy (non-hydrogen) atoms. The number of rotatable bonds is 5. The lowest BCUT2D eigenvalue weighted by molar-refractivity contribution is -0.116. The first-order chi connectivity index (χ1) is 12.1. The SMILES string of the molecule is Cc1csc(=O)n1CCC(=O)Nc1cccc(Cl)c1N1CCOCC1. The number of morpholine rings is 1. The topological polar surface area (TPSA) is 63.6 Å². The maximum absolute atomic E-state index is 12.4. The van der Waals surface area contributed by atoms with Crippen LogP contribution in [0.25, 0.3) is 0 Å². The Labute approximate surface area is 155 Å². The molecule has 1 saturated heterocycles. The molecule has 6 nitrogen and oxygen atoms in total. The summed E-state index contributed by atoms with van der Waals surface area (Å²) in [5.41, 5.74) is 2.39. The third kappa shape index (κ3) is 4.23. The van der Waals surface area contributed by atoms with Crippen LogP contribution in [-0.2, 0) is 16.1 Å². The lowest BCUT2D eigenvalue weighted by Crippen LogP contribution is -2.37. The van der Waals surface area contributed by atoms with Crippen molar-refractivity contribution in [3.05, 3.63) is 44.0 Å². The Balaban J connectivity index is 1.70. The van der Waals surface area contributed by atoms with Crippen LogP contribution in [0.4, 0.5) is 11.4 Å². The second-order valence-electron chi connectivity index (χ2n) is 5.83. The number of hydrogen-bond donors (Lipinski definition) is 1. The molecule has 0 bridgehead atoms. The first-order valence-corrected chi connectivity index (χ1v) is 9.38. The van der Waals surface area contributed by atoms with Gasteiger partial charge in [0.2, 0.25) is 5.91 Å². The van der Waals surface area contributed by atoms with Gasteiger partial charge in [-0.05, 0) is 19.1 Å². The van der Waals surface area contributed by atoms with Gasteiger partial charge in [-0.2, -0.15) is 0 Å². The third-order valence-electron chi connectivity index (χ3n) is 4.13. The first kappa shape index (κ1) is 18.0. The summed E-state index contributed by atoms with van der Waals surface area (Å²) in [7, 11) is 0. The van der Waals surface area contributed by atoms with Crippen molar-refractivity contribution < 1.29 is 9.53 Å². The minimum absolute atomic E-state index is 0.0398. The number of ether oxygens (including phenoxy) is 1. The standard InChI is InChI=1S/C17H20ClN3O3S/c1-12-11-25-17(23)21(12)6-5-15(22)19-14-4-2-3-13(18)16(14)20-7-9-24-10-8-20/h2-4,11H,5-10H2,1H3,(H,19,22). The van der Waals surface area contributed by atoms with Crippen molar-refractivity contribution in [3.8, 4) is 0 Å². The number of carbonyl (C=O) groups is 1. The summed E-state index contributed by atoms with van der Waals surface area (Å²) in [5, 5.41) is 5.33. The minimum Gasteiger partial charge on any atom is -0.378 e. The van der Waals surface area contributed by atoms with Crippen LogP contribution >= 0.6 is 22.9 Å². The van der Waals surface area contributed by atoms with Gasteiger partial charge in [0.1, 0.15) is 0 Å². The van der Waals surface area contributed by atoms with Crippen molar-refractivity contribution >= 4 is 40.2 Å². The van der Waals surface area contributed by atoms with Gasteiger partial charge in [0.15, 0.2) is 0 Å². The van der Waals surface area contributed by atoms with Crippen molar-refractivity contribution in [3.63, 3.8) is 0 Å². The van der Waals surface area contributed by atoms with Crippen molar-refractivity contribution in [1.29, 1.82) is 0 Å². The van der Waals surface area contributed by atoms with Gasteiger partial charge in [-0.1, -0.05) is 29.0 Å². The number of hydrogen-bond acceptors (Lipinski definition) is 5. The number of para-hydroxylation sites is 1. The van der Waals surface area contributed by atoms with Crippen LogP contribution in [-0.4, -0.2) is 36.8 Å². The molecule has 0 unspecified atom stereocenters. The molecular formula is C17H20ClN3O3S. The smallest absolute Gasteiger partial charge is 0.307 e. The van der Waals surface area contributed by atoms with E-state index in [-0.39, 0.29) is 17.2 Å². The predicted octanol–water partition coefficient (Wildman–Crippen LogP) is 2.74. The van der Waals surface area contributed by atoms with Crippen molar-refractivity contribution in [2.75, 3.05) is 36.5 Å². The molecule has 1 aliphatic heterocycles. The van der Waals surface area contributed by atoms with E-state index in [0.29, 0.717) is 30.5 Å². The highest BCUT2D eigenvalue weighted by atomic mass is 35.5. The fourth-order valence-electron chi connectivity index (χ4n) is 2.83. The highest BCUT2D eigenvalue weighted by molar-refractivity contribution is 7.07. The average Bonchev–Trinajstić information content (AvgIpc) is 2.92. The van der Waals surface area contributed by atoms with E-state index in [0.717, 1.165) is 35.8 Å². The van der Waals surface area contributed by atoms with Gasteiger partial charge in [-0.3, -0.25) is 9.59 Å². The molecule has 1 aliphatic rings. The van der Waals surface area contributed by atoms with E-state index in [4.69, 9.17) is 16.3 Å². The Morgan fingerprint density at radius 3 is 2.80 bits per heavy atom. The number of anilines is 2. The molecule has 3 rings (SSSR count). The molecule has 1 amide bonds. The van der Waals surface area contributed by atoms with Crippen molar-refractivity contribution in [2.45, 2.75) is 19.9 Å². The zero-order valence-corrected chi connectivity index (χ0v) is 15.5. The average molecular weight is 382 g/mol. The molecule has 0 spiro atoms. The van der Waals surface area contributed by atoms with Gasteiger partial charge in [-0.15, -0.1) is 0 Å². The molecule has 1 fully saturated rings. The Morgan fingerprint density at radius 2 is 2.12 bits per heavy atom. The van der Waals surface area contributed by atoms with Gasteiger partial charge in [0.25, 0.3) is 0 Å². The number of aryl methyl sites for hydroxylation is 1. The number of nitrogens with zero attached hydrogens (tertiary/aromatic N) is 2. The summed E-state index contributed by atoms with van der Waals surface area (Å²) in [5.74, 6) is -0.144. The van der Waals surface area contributed by atoms with Gasteiger partial charge < -0.3 is 19.5 Å². The normalized spacial score (nSPS) is 14.6. The van der Waals surface area contributed by atoms with Crippen LogP contribution in [0, 0.1) is 6.92 Å². The number of amides is 1. The van der Waals surface area contributed by atoms with Gasteiger partial charge in [0, 0.05) is 37.1 Å². The van der Waals surface area contributed by atoms with Gasteiger partial charge in [-0.25, -0.2) is 0 Å². The maximum Gasteiger partial charge on any atom is 0.307 e. The number of aromatic nitrogens is 1. The molecule has 2 heterocycles. The minimum atomic E-state index is -0.144. The number of nitrogens with one attached hydrogen (secondary N) is 1. The summed E-state index contributed by atoms with van der Waals surface area (Å²) in [6, 6.07) is 5.47. The highest BCUT2D eigenvalue weighted by Crippen LogP contribution is 2.34. The predicted molar refractivity (Wildman–Crippen MR) is 101 cm³/mol. The van der Waals surface area contributed by atoms with Crippen LogP contribution in [0.15, 0.2) is 28.4 Å². The Bertz CT molecular complexity index is 812. The fourth-order valence-corrected chi connectivity index (χ4v) is 3.88. The van der Waals surface area contributed by atoms with E-state index in [9.17, 15) is 9.59 Å². The Hall–Kier alpha value is -1.83. The molecular weight excluding hydrogens is 362 g/mol. The summed E-state index contributed by atoms with van der Waals surface area (Å²) in [6.07, 6.45) is 0.229. The molecule has 0 aliphatic carbocycles. The lowest BCUT2D eigenvalue weighted by Gasteiger charge is -2.31. The second-order valence-corrected chi connectivity index (χ2v) is 7.06. The Morgan fingerprint density at radius 1 is 1.36 bits per heavy atom. The molecule has 2 aromatic rings. The molecule has 0 saturated carbocycles. The number of benzene rings is 1. The Kier molecular flexibility index (Phi) is 5.78. The monoisotopic (exact) mass is 381 g/mol. The molecule has 8 heteroatoms. The molecule has 0 atom stereocenters. The lowest BCUT2D eigenvalue weighted by atomic mass is 10.2. The molecule has 134 valence electrons. The van der Waals surface area contributed by atoms with Crippen LogP contribution in [0.2, 0.25) is 5.02 Å². The molecule has 0 radical (unpaired) electrons. The zero-order chi connectivity index (χ0) is 17.8. The quantitative estimate of drug-likeness (QED) is 0.865.